The van der Waals surface area contributed by atoms with Crippen LogP contribution in [0.2, 0.25) is 0 Å². The highest BCUT2D eigenvalue weighted by Gasteiger charge is 2.34. The predicted molar refractivity (Wildman–Crippen MR) is 77.8 cm³/mol. The van der Waals surface area contributed by atoms with Crippen LogP contribution in [0.25, 0.3) is 0 Å². The second-order valence-corrected chi connectivity index (χ2v) is 6.40. The Morgan fingerprint density at radius 3 is 2.74 bits per heavy atom. The number of nitrogens with zero attached hydrogens (tertiary/aromatic N) is 4. The van der Waals surface area contributed by atoms with Crippen molar-refractivity contribution in [2.45, 2.75) is 30.3 Å². The molecule has 1 unspecified atom stereocenters. The minimum Gasteiger partial charge on any atom is -0.280 e. The highest BCUT2D eigenvalue weighted by atomic mass is 79.9. The Hall–Kier alpha value is -0.690. The molecule has 0 spiro atoms. The van der Waals surface area contributed by atoms with Gasteiger partial charge in [0, 0.05) is 24.2 Å². The molecule has 1 saturated heterocycles. The van der Waals surface area contributed by atoms with Crippen molar-refractivity contribution in [3.8, 4) is 0 Å². The number of thioether (sulfide) groups is 1. The van der Waals surface area contributed by atoms with Gasteiger partial charge in [0.25, 0.3) is 0 Å². The van der Waals surface area contributed by atoms with E-state index in [4.69, 9.17) is 0 Å². The summed E-state index contributed by atoms with van der Waals surface area (Å²) in [6.07, 6.45) is 4.82. The summed E-state index contributed by atoms with van der Waals surface area (Å²) in [6.45, 7) is 0.700. The zero-order valence-electron chi connectivity index (χ0n) is 10.7. The molecule has 0 bridgehead atoms. The van der Waals surface area contributed by atoms with Crippen molar-refractivity contribution in [3.63, 3.8) is 0 Å². The molecular weight excluding hydrogens is 328 g/mol. The number of hydrogen-bond donors (Lipinski definition) is 0. The van der Waals surface area contributed by atoms with E-state index in [-0.39, 0.29) is 5.91 Å². The fourth-order valence-electron chi connectivity index (χ4n) is 2.18. The molecule has 1 saturated carbocycles. The van der Waals surface area contributed by atoms with E-state index in [1.54, 1.807) is 4.90 Å². The maximum absolute atomic E-state index is 12.0. The third kappa shape index (κ3) is 2.76. The average molecular weight is 343 g/mol. The molecule has 1 aliphatic heterocycles. The first-order chi connectivity index (χ1) is 9.21. The molecule has 1 atom stereocenters. The van der Waals surface area contributed by atoms with Crippen LogP contribution in [-0.4, -0.2) is 39.0 Å². The summed E-state index contributed by atoms with van der Waals surface area (Å²) in [7, 11) is 0. The maximum atomic E-state index is 12.0. The van der Waals surface area contributed by atoms with Crippen molar-refractivity contribution >= 4 is 39.5 Å². The van der Waals surface area contributed by atoms with Crippen LogP contribution in [0.3, 0.4) is 0 Å². The highest BCUT2D eigenvalue weighted by Crippen LogP contribution is 2.39. The number of rotatable bonds is 4. The van der Waals surface area contributed by atoms with Crippen LogP contribution in [0.5, 0.6) is 0 Å². The molecule has 0 aromatic carbocycles. The quantitative estimate of drug-likeness (QED) is 0.620. The zero-order chi connectivity index (χ0) is 13.4. The lowest BCUT2D eigenvalue weighted by Crippen LogP contribution is -2.27. The van der Waals surface area contributed by atoms with E-state index in [1.807, 2.05) is 6.26 Å². The largest absolute Gasteiger partial charge is 0.280 e. The van der Waals surface area contributed by atoms with Crippen LogP contribution in [0.15, 0.2) is 5.16 Å². The Kier molecular flexibility index (Phi) is 3.75. The number of halogens is 1. The van der Waals surface area contributed by atoms with Crippen LogP contribution < -0.4 is 4.90 Å². The number of carbonyl (C=O) groups is 1. The molecule has 7 heteroatoms. The minimum absolute atomic E-state index is 0.115. The summed E-state index contributed by atoms with van der Waals surface area (Å²) < 4.78 is 0. The number of amides is 1. The van der Waals surface area contributed by atoms with E-state index < -0.39 is 0 Å². The third-order valence-electron chi connectivity index (χ3n) is 3.41. The molecule has 2 fully saturated rings. The first-order valence-electron chi connectivity index (χ1n) is 6.37. The number of carbonyl (C=O) groups excluding carboxylic acids is 1. The maximum Gasteiger partial charge on any atom is 0.236 e. The van der Waals surface area contributed by atoms with Gasteiger partial charge in [0.1, 0.15) is 5.82 Å². The molecular formula is C12H15BrN4OS. The molecule has 1 aliphatic carbocycles. The third-order valence-corrected chi connectivity index (χ3v) is 4.87. The Bertz CT molecular complexity index is 509. The lowest BCUT2D eigenvalue weighted by molar-refractivity contribution is -0.117. The van der Waals surface area contributed by atoms with Crippen molar-refractivity contribution in [2.24, 2.45) is 5.92 Å². The van der Waals surface area contributed by atoms with Crippen molar-refractivity contribution in [1.29, 1.82) is 0 Å². The molecule has 102 valence electrons. The van der Waals surface area contributed by atoms with Gasteiger partial charge in [-0.15, -0.1) is 0 Å². The molecule has 19 heavy (non-hydrogen) atoms. The van der Waals surface area contributed by atoms with Gasteiger partial charge in [-0.3, -0.25) is 9.69 Å². The van der Waals surface area contributed by atoms with Crippen LogP contribution >= 0.6 is 27.7 Å². The van der Waals surface area contributed by atoms with Crippen LogP contribution in [0, 0.1) is 5.92 Å². The first-order valence-corrected chi connectivity index (χ1v) is 8.72. The van der Waals surface area contributed by atoms with Crippen molar-refractivity contribution in [2.75, 3.05) is 23.0 Å². The van der Waals surface area contributed by atoms with Crippen molar-refractivity contribution in [1.82, 2.24) is 15.0 Å². The molecule has 0 N–H and O–H groups in total. The minimum atomic E-state index is 0.115. The van der Waals surface area contributed by atoms with Crippen LogP contribution in [0.1, 0.15) is 31.0 Å². The van der Waals surface area contributed by atoms with Gasteiger partial charge in [-0.25, -0.2) is 4.98 Å². The summed E-state index contributed by atoms with van der Waals surface area (Å²) in [5.74, 6) is 2.33. The molecule has 5 nitrogen and oxygen atoms in total. The predicted octanol–water partition coefficient (Wildman–Crippen LogP) is 2.22. The molecule has 2 heterocycles. The van der Waals surface area contributed by atoms with Gasteiger partial charge in [-0.2, -0.15) is 9.97 Å². The number of hydrogen-bond acceptors (Lipinski definition) is 5. The molecule has 1 amide bonds. The van der Waals surface area contributed by atoms with Gasteiger partial charge in [0.15, 0.2) is 5.16 Å². The Labute approximate surface area is 124 Å². The fourth-order valence-corrected chi connectivity index (χ4v) is 2.97. The van der Waals surface area contributed by atoms with E-state index in [1.165, 1.54) is 11.8 Å². The zero-order valence-corrected chi connectivity index (χ0v) is 13.1. The number of anilines is 1. The fraction of sp³-hybridized carbons (Fsp3) is 0.667. The summed E-state index contributed by atoms with van der Waals surface area (Å²) in [5, 5.41) is 1.55. The standard InChI is InChI=1S/C12H15BrN4OS/c1-19-12-15-10(8-2-3-8)14-11(16-12)17-6-7(5-13)4-9(17)18/h7-8H,2-6H2,1H3. The molecule has 0 radical (unpaired) electrons. The molecule has 3 rings (SSSR count). The summed E-state index contributed by atoms with van der Waals surface area (Å²) in [5.41, 5.74) is 0. The van der Waals surface area contributed by atoms with Crippen molar-refractivity contribution in [3.05, 3.63) is 5.82 Å². The topological polar surface area (TPSA) is 59.0 Å². The summed E-state index contributed by atoms with van der Waals surface area (Å²) >= 11 is 4.94. The lowest BCUT2D eigenvalue weighted by Gasteiger charge is -2.15. The van der Waals surface area contributed by atoms with Gasteiger partial charge in [0.2, 0.25) is 11.9 Å². The summed E-state index contributed by atoms with van der Waals surface area (Å²) in [6, 6.07) is 0. The van der Waals surface area contributed by atoms with Crippen molar-refractivity contribution < 1.29 is 4.79 Å². The van der Waals surface area contributed by atoms with Gasteiger partial charge >= 0.3 is 0 Å². The molecule has 2 aliphatic rings. The van der Waals surface area contributed by atoms with E-state index >= 15 is 0 Å². The van der Waals surface area contributed by atoms with E-state index in [2.05, 4.69) is 30.9 Å². The number of alkyl halides is 1. The number of aromatic nitrogens is 3. The highest BCUT2D eigenvalue weighted by molar-refractivity contribution is 9.09. The van der Waals surface area contributed by atoms with Crippen LogP contribution in [-0.2, 0) is 4.79 Å². The average Bonchev–Trinajstić information content (AvgIpc) is 3.21. The normalized spacial score (nSPS) is 23.2. The van der Waals surface area contributed by atoms with Crippen LogP contribution in [0.4, 0.5) is 5.95 Å². The van der Waals surface area contributed by atoms with E-state index in [9.17, 15) is 4.79 Å². The second-order valence-electron chi connectivity index (χ2n) is 4.98. The summed E-state index contributed by atoms with van der Waals surface area (Å²) in [4.78, 5) is 27.1. The SMILES string of the molecule is CSc1nc(C2CC2)nc(N2CC(CBr)CC2=O)n1. The van der Waals surface area contributed by atoms with Gasteiger partial charge in [0.05, 0.1) is 0 Å². The van der Waals surface area contributed by atoms with E-state index in [0.717, 1.165) is 24.0 Å². The Balaban J connectivity index is 1.91. The lowest BCUT2D eigenvalue weighted by atomic mass is 10.2. The first kappa shape index (κ1) is 13.3. The Morgan fingerprint density at radius 2 is 2.16 bits per heavy atom. The second kappa shape index (κ2) is 5.36. The molecule has 1 aromatic rings. The van der Waals surface area contributed by atoms with Gasteiger partial charge in [-0.1, -0.05) is 27.7 Å². The monoisotopic (exact) mass is 342 g/mol. The molecule has 1 aromatic heterocycles. The Morgan fingerprint density at radius 1 is 1.37 bits per heavy atom. The smallest absolute Gasteiger partial charge is 0.236 e. The van der Waals surface area contributed by atoms with Gasteiger partial charge in [-0.05, 0) is 25.0 Å². The van der Waals surface area contributed by atoms with E-state index in [0.29, 0.717) is 35.9 Å². The van der Waals surface area contributed by atoms with Gasteiger partial charge < -0.3 is 0 Å².